The summed E-state index contributed by atoms with van der Waals surface area (Å²) in [5, 5.41) is 0.976. The summed E-state index contributed by atoms with van der Waals surface area (Å²) >= 11 is 6.33. The van der Waals surface area contributed by atoms with E-state index in [1.54, 1.807) is 22.8 Å². The molecule has 0 aliphatic carbocycles. The Hall–Kier alpha value is -4.22. The maximum absolute atomic E-state index is 14.2. The minimum absolute atomic E-state index is 0.0977. The van der Waals surface area contributed by atoms with Gasteiger partial charge >= 0.3 is 0 Å². The molecule has 0 N–H and O–H groups in total. The molecule has 5 rings (SSSR count). The molecule has 0 radical (unpaired) electrons. The minimum atomic E-state index is -0.516. The van der Waals surface area contributed by atoms with Gasteiger partial charge < -0.3 is 4.90 Å². The topological polar surface area (TPSA) is 55.2 Å². The summed E-state index contributed by atoms with van der Waals surface area (Å²) in [6.45, 7) is 6.62. The zero-order valence-electron chi connectivity index (χ0n) is 25.1. The smallest absolute Gasteiger partial charge is 0.266 e. The Morgan fingerprint density at radius 3 is 2.28 bits per heavy atom. The molecule has 1 atom stereocenters. The van der Waals surface area contributed by atoms with Crippen LogP contribution in [-0.2, 0) is 12.8 Å². The highest BCUT2D eigenvalue weighted by molar-refractivity contribution is 6.31. The highest BCUT2D eigenvalue weighted by atomic mass is 35.5. The van der Waals surface area contributed by atoms with E-state index in [0.29, 0.717) is 46.0 Å². The lowest BCUT2D eigenvalue weighted by molar-refractivity contribution is 0.0683. The molecule has 4 aromatic carbocycles. The van der Waals surface area contributed by atoms with E-state index in [9.17, 15) is 9.59 Å². The molecule has 0 fully saturated rings. The van der Waals surface area contributed by atoms with Crippen molar-refractivity contribution in [1.29, 1.82) is 0 Å². The SMILES string of the molecule is CCCCCc1ccc(C(=O)N(CCc2ccccc2)C(C)c2nc3cc(Cl)ccc3c(=O)n2-c2ccc(C)cc2)cc1. The molecule has 6 heteroatoms. The summed E-state index contributed by atoms with van der Waals surface area (Å²) in [5.41, 5.74) is 5.09. The number of carbonyl (C=O) groups excluding carboxylic acids is 1. The van der Waals surface area contributed by atoms with Gasteiger partial charge in [-0.3, -0.25) is 14.2 Å². The number of rotatable bonds is 11. The number of aryl methyl sites for hydroxylation is 2. The number of aromatic nitrogens is 2. The summed E-state index contributed by atoms with van der Waals surface area (Å²) in [6, 6.07) is 30.5. The maximum Gasteiger partial charge on any atom is 0.266 e. The van der Waals surface area contributed by atoms with Crippen LogP contribution in [-0.4, -0.2) is 26.9 Å². The molecule has 1 amide bonds. The number of amides is 1. The number of unbranched alkanes of at least 4 members (excludes halogenated alkanes) is 2. The van der Waals surface area contributed by atoms with Crippen molar-refractivity contribution in [3.05, 3.63) is 141 Å². The van der Waals surface area contributed by atoms with Crippen LogP contribution < -0.4 is 5.56 Å². The second-order valence-electron chi connectivity index (χ2n) is 11.2. The highest BCUT2D eigenvalue weighted by Gasteiger charge is 2.28. The van der Waals surface area contributed by atoms with Crippen molar-refractivity contribution in [2.45, 2.75) is 58.9 Å². The van der Waals surface area contributed by atoms with Crippen molar-refractivity contribution in [2.75, 3.05) is 6.54 Å². The summed E-state index contributed by atoms with van der Waals surface area (Å²) in [4.78, 5) is 35.1. The minimum Gasteiger partial charge on any atom is -0.328 e. The molecule has 0 saturated heterocycles. The van der Waals surface area contributed by atoms with E-state index in [4.69, 9.17) is 16.6 Å². The number of halogens is 1. The van der Waals surface area contributed by atoms with E-state index in [2.05, 4.69) is 31.2 Å². The van der Waals surface area contributed by atoms with Crippen molar-refractivity contribution >= 4 is 28.4 Å². The van der Waals surface area contributed by atoms with Crippen LogP contribution >= 0.6 is 11.6 Å². The Labute approximate surface area is 258 Å². The predicted molar refractivity (Wildman–Crippen MR) is 176 cm³/mol. The quantitative estimate of drug-likeness (QED) is 0.145. The van der Waals surface area contributed by atoms with Gasteiger partial charge in [0.1, 0.15) is 5.82 Å². The number of benzene rings is 4. The number of hydrogen-bond acceptors (Lipinski definition) is 3. The standard InChI is InChI=1S/C37H38ClN3O2/c1-4-5-7-10-29-15-17-30(18-16-29)36(42)40(24-23-28-11-8-6-9-12-28)27(3)35-39-34-25-31(38)19-22-33(34)37(43)41(35)32-20-13-26(2)14-21-32/h6,8-9,11-22,25,27H,4-5,7,10,23-24H2,1-3H3. The molecular formula is C37H38ClN3O2. The van der Waals surface area contributed by atoms with Gasteiger partial charge in [-0.25, -0.2) is 4.98 Å². The van der Waals surface area contributed by atoms with Gasteiger partial charge in [0.05, 0.1) is 22.6 Å². The third kappa shape index (κ3) is 7.06. The molecule has 43 heavy (non-hydrogen) atoms. The van der Waals surface area contributed by atoms with Gasteiger partial charge in [0.25, 0.3) is 11.5 Å². The number of hydrogen-bond donors (Lipinski definition) is 0. The van der Waals surface area contributed by atoms with Gasteiger partial charge in [-0.15, -0.1) is 0 Å². The lowest BCUT2D eigenvalue weighted by Crippen LogP contribution is -2.38. The lowest BCUT2D eigenvalue weighted by Gasteiger charge is -2.31. The predicted octanol–water partition coefficient (Wildman–Crippen LogP) is 8.53. The zero-order valence-corrected chi connectivity index (χ0v) is 25.8. The molecule has 0 saturated carbocycles. The molecule has 5 nitrogen and oxygen atoms in total. The third-order valence-electron chi connectivity index (χ3n) is 8.01. The first-order valence-electron chi connectivity index (χ1n) is 15.1. The van der Waals surface area contributed by atoms with E-state index in [-0.39, 0.29) is 11.5 Å². The normalized spacial score (nSPS) is 11.9. The largest absolute Gasteiger partial charge is 0.328 e. The molecule has 5 aromatic rings. The van der Waals surface area contributed by atoms with Gasteiger partial charge in [0.2, 0.25) is 0 Å². The average molecular weight is 592 g/mol. The molecule has 1 aromatic heterocycles. The van der Waals surface area contributed by atoms with Gasteiger partial charge in [-0.2, -0.15) is 0 Å². The van der Waals surface area contributed by atoms with E-state index in [0.717, 1.165) is 24.0 Å². The first-order chi connectivity index (χ1) is 20.9. The lowest BCUT2D eigenvalue weighted by atomic mass is 10.0. The average Bonchev–Trinajstić information content (AvgIpc) is 3.02. The molecule has 1 unspecified atom stereocenters. The van der Waals surface area contributed by atoms with Gasteiger partial charge in [-0.1, -0.05) is 91.5 Å². The van der Waals surface area contributed by atoms with Crippen molar-refractivity contribution in [1.82, 2.24) is 14.5 Å². The van der Waals surface area contributed by atoms with Gasteiger partial charge in [-0.05, 0) is 86.7 Å². The van der Waals surface area contributed by atoms with Crippen LogP contribution in [0.4, 0.5) is 0 Å². The van der Waals surface area contributed by atoms with Crippen LogP contribution in [0.1, 0.15) is 72.0 Å². The van der Waals surface area contributed by atoms with Crippen LogP contribution in [0.25, 0.3) is 16.6 Å². The first-order valence-corrected chi connectivity index (χ1v) is 15.5. The van der Waals surface area contributed by atoms with Crippen LogP contribution in [0, 0.1) is 6.92 Å². The third-order valence-corrected chi connectivity index (χ3v) is 8.24. The highest BCUT2D eigenvalue weighted by Crippen LogP contribution is 2.26. The fourth-order valence-electron chi connectivity index (χ4n) is 5.46. The summed E-state index contributed by atoms with van der Waals surface area (Å²) in [6.07, 6.45) is 5.17. The Morgan fingerprint density at radius 2 is 1.58 bits per heavy atom. The van der Waals surface area contributed by atoms with E-state index < -0.39 is 6.04 Å². The van der Waals surface area contributed by atoms with Gasteiger partial charge in [0.15, 0.2) is 0 Å². The van der Waals surface area contributed by atoms with Crippen molar-refractivity contribution < 1.29 is 4.79 Å². The molecule has 0 aliphatic heterocycles. The Bertz CT molecular complexity index is 1750. The second kappa shape index (κ2) is 13.8. The monoisotopic (exact) mass is 591 g/mol. The van der Waals surface area contributed by atoms with Crippen molar-refractivity contribution in [2.24, 2.45) is 0 Å². The summed E-state index contributed by atoms with van der Waals surface area (Å²) < 4.78 is 1.64. The number of nitrogens with zero attached hydrogens (tertiary/aromatic N) is 3. The Morgan fingerprint density at radius 1 is 0.884 bits per heavy atom. The van der Waals surface area contributed by atoms with E-state index >= 15 is 0 Å². The molecule has 0 spiro atoms. The molecule has 220 valence electrons. The van der Waals surface area contributed by atoms with Crippen LogP contribution in [0.3, 0.4) is 0 Å². The Kier molecular flexibility index (Phi) is 9.73. The van der Waals surface area contributed by atoms with E-state index in [1.165, 1.54) is 18.4 Å². The van der Waals surface area contributed by atoms with Crippen molar-refractivity contribution in [3.63, 3.8) is 0 Å². The van der Waals surface area contributed by atoms with Crippen LogP contribution in [0.15, 0.2) is 102 Å². The molecule has 0 bridgehead atoms. The molecular weight excluding hydrogens is 554 g/mol. The molecule has 1 heterocycles. The van der Waals surface area contributed by atoms with Gasteiger partial charge in [0, 0.05) is 17.1 Å². The van der Waals surface area contributed by atoms with Crippen molar-refractivity contribution in [3.8, 4) is 5.69 Å². The number of carbonyl (C=O) groups is 1. The van der Waals surface area contributed by atoms with E-state index in [1.807, 2.05) is 73.3 Å². The molecule has 0 aliphatic rings. The van der Waals surface area contributed by atoms with Crippen LogP contribution in [0.2, 0.25) is 5.02 Å². The van der Waals surface area contributed by atoms with Crippen LogP contribution in [0.5, 0.6) is 0 Å². The second-order valence-corrected chi connectivity index (χ2v) is 11.6. The fraction of sp³-hybridized carbons (Fsp3) is 0.270. The maximum atomic E-state index is 14.2. The fourth-order valence-corrected chi connectivity index (χ4v) is 5.63. The number of fused-ring (bicyclic) bond motifs is 1. The zero-order chi connectivity index (χ0) is 30.3. The Balaban J connectivity index is 1.59. The summed E-state index contributed by atoms with van der Waals surface area (Å²) in [5.74, 6) is 0.389. The first kappa shape index (κ1) is 30.2. The summed E-state index contributed by atoms with van der Waals surface area (Å²) in [7, 11) is 0.